The lowest BCUT2D eigenvalue weighted by molar-refractivity contribution is 0.0859. The Hall–Kier alpha value is -1.78. The summed E-state index contributed by atoms with van der Waals surface area (Å²) in [6.45, 7) is 0.275. The van der Waals surface area contributed by atoms with E-state index in [4.69, 9.17) is 4.84 Å². The molecule has 2 rings (SSSR count). The van der Waals surface area contributed by atoms with Crippen molar-refractivity contribution in [2.75, 3.05) is 7.11 Å². The minimum atomic E-state index is -0.301. The van der Waals surface area contributed by atoms with E-state index in [1.54, 1.807) is 24.3 Å². The van der Waals surface area contributed by atoms with Gasteiger partial charge in [0.25, 0.3) is 0 Å². The van der Waals surface area contributed by atoms with Crippen molar-refractivity contribution in [3.05, 3.63) is 59.7 Å². The van der Waals surface area contributed by atoms with Gasteiger partial charge in [-0.05, 0) is 35.4 Å². The highest BCUT2D eigenvalue weighted by Gasteiger charge is 2.05. The Bertz CT molecular complexity index is 526. The van der Waals surface area contributed by atoms with E-state index in [1.165, 1.54) is 25.3 Å². The Labute approximate surface area is 104 Å². The smallest absolute Gasteiger partial charge is 0.127 e. The molecule has 2 nitrogen and oxygen atoms in total. The van der Waals surface area contributed by atoms with Crippen LogP contribution in [0, 0.1) is 11.6 Å². The van der Waals surface area contributed by atoms with Gasteiger partial charge >= 0.3 is 0 Å². The third kappa shape index (κ3) is 2.91. The summed E-state index contributed by atoms with van der Waals surface area (Å²) in [5.41, 5.74) is 4.77. The van der Waals surface area contributed by atoms with Crippen LogP contribution in [0.1, 0.15) is 5.56 Å². The molecule has 2 aromatic rings. The lowest BCUT2D eigenvalue weighted by Gasteiger charge is -2.07. The molecular weight excluding hydrogens is 236 g/mol. The SMILES string of the molecule is CONCc1cc(-c2ccc(F)cc2)ccc1F. The molecule has 0 aliphatic rings. The molecule has 0 saturated carbocycles. The van der Waals surface area contributed by atoms with Crippen LogP contribution in [0.15, 0.2) is 42.5 Å². The van der Waals surface area contributed by atoms with Gasteiger partial charge < -0.3 is 4.84 Å². The number of halogens is 2. The van der Waals surface area contributed by atoms with E-state index in [9.17, 15) is 8.78 Å². The number of rotatable bonds is 4. The minimum absolute atomic E-state index is 0.275. The molecule has 1 N–H and O–H groups in total. The van der Waals surface area contributed by atoms with Gasteiger partial charge in [0.05, 0.1) is 7.11 Å². The molecule has 0 atom stereocenters. The maximum absolute atomic E-state index is 13.5. The maximum Gasteiger partial charge on any atom is 0.127 e. The summed E-state index contributed by atoms with van der Waals surface area (Å²) >= 11 is 0. The van der Waals surface area contributed by atoms with Gasteiger partial charge in [0.15, 0.2) is 0 Å². The Balaban J connectivity index is 2.31. The first kappa shape index (κ1) is 12.7. The first-order valence-electron chi connectivity index (χ1n) is 5.51. The van der Waals surface area contributed by atoms with Crippen molar-refractivity contribution in [2.45, 2.75) is 6.54 Å². The monoisotopic (exact) mass is 249 g/mol. The third-order valence-electron chi connectivity index (χ3n) is 2.63. The van der Waals surface area contributed by atoms with Crippen molar-refractivity contribution in [1.82, 2.24) is 5.48 Å². The molecule has 0 heterocycles. The highest BCUT2D eigenvalue weighted by Crippen LogP contribution is 2.22. The van der Waals surface area contributed by atoms with Crippen LogP contribution < -0.4 is 5.48 Å². The van der Waals surface area contributed by atoms with E-state index >= 15 is 0 Å². The summed E-state index contributed by atoms with van der Waals surface area (Å²) in [5, 5.41) is 0. The van der Waals surface area contributed by atoms with Crippen LogP contribution in [-0.2, 0) is 11.4 Å². The lowest BCUT2D eigenvalue weighted by atomic mass is 10.0. The predicted octanol–water partition coefficient (Wildman–Crippen LogP) is 3.28. The zero-order valence-corrected chi connectivity index (χ0v) is 9.91. The molecular formula is C14H13F2NO. The summed E-state index contributed by atoms with van der Waals surface area (Å²) in [6, 6.07) is 10.9. The number of hydroxylamine groups is 1. The van der Waals surface area contributed by atoms with Gasteiger partial charge in [0.1, 0.15) is 11.6 Å². The van der Waals surface area contributed by atoms with Crippen LogP contribution in [-0.4, -0.2) is 7.11 Å². The van der Waals surface area contributed by atoms with Crippen molar-refractivity contribution in [3.8, 4) is 11.1 Å². The van der Waals surface area contributed by atoms with E-state index in [0.29, 0.717) is 5.56 Å². The second-order valence-corrected chi connectivity index (χ2v) is 3.84. The van der Waals surface area contributed by atoms with Crippen molar-refractivity contribution < 1.29 is 13.6 Å². The number of nitrogens with one attached hydrogen (secondary N) is 1. The molecule has 0 fully saturated rings. The largest absolute Gasteiger partial charge is 0.305 e. The fraction of sp³-hybridized carbons (Fsp3) is 0.143. The highest BCUT2D eigenvalue weighted by atomic mass is 19.1. The van der Waals surface area contributed by atoms with Crippen LogP contribution in [0.25, 0.3) is 11.1 Å². The molecule has 18 heavy (non-hydrogen) atoms. The second kappa shape index (κ2) is 5.71. The highest BCUT2D eigenvalue weighted by molar-refractivity contribution is 5.64. The number of benzene rings is 2. The molecule has 2 aromatic carbocycles. The van der Waals surface area contributed by atoms with Crippen LogP contribution in [0.3, 0.4) is 0 Å². The van der Waals surface area contributed by atoms with Crippen LogP contribution in [0.4, 0.5) is 8.78 Å². The zero-order valence-electron chi connectivity index (χ0n) is 9.91. The van der Waals surface area contributed by atoms with Crippen molar-refractivity contribution in [3.63, 3.8) is 0 Å². The van der Waals surface area contributed by atoms with Crippen molar-refractivity contribution in [2.24, 2.45) is 0 Å². The van der Waals surface area contributed by atoms with Crippen LogP contribution >= 0.6 is 0 Å². The minimum Gasteiger partial charge on any atom is -0.305 e. The number of hydrogen-bond donors (Lipinski definition) is 1. The molecule has 0 bridgehead atoms. The molecule has 0 aliphatic heterocycles. The molecule has 0 amide bonds. The zero-order chi connectivity index (χ0) is 13.0. The van der Waals surface area contributed by atoms with Crippen LogP contribution in [0.5, 0.6) is 0 Å². The van der Waals surface area contributed by atoms with E-state index in [2.05, 4.69) is 5.48 Å². The Morgan fingerprint density at radius 2 is 1.67 bits per heavy atom. The molecule has 0 spiro atoms. The van der Waals surface area contributed by atoms with Gasteiger partial charge in [0.2, 0.25) is 0 Å². The van der Waals surface area contributed by atoms with E-state index in [0.717, 1.165) is 11.1 Å². The van der Waals surface area contributed by atoms with Gasteiger partial charge in [0, 0.05) is 12.1 Å². The van der Waals surface area contributed by atoms with E-state index in [-0.39, 0.29) is 18.2 Å². The third-order valence-corrected chi connectivity index (χ3v) is 2.63. The Kier molecular flexibility index (Phi) is 4.02. The Morgan fingerprint density at radius 3 is 2.33 bits per heavy atom. The van der Waals surface area contributed by atoms with Crippen molar-refractivity contribution in [1.29, 1.82) is 0 Å². The fourth-order valence-corrected chi connectivity index (χ4v) is 1.68. The lowest BCUT2D eigenvalue weighted by Crippen LogP contribution is -2.12. The number of hydrogen-bond acceptors (Lipinski definition) is 2. The van der Waals surface area contributed by atoms with Crippen molar-refractivity contribution >= 4 is 0 Å². The fourth-order valence-electron chi connectivity index (χ4n) is 1.68. The van der Waals surface area contributed by atoms with Gasteiger partial charge in [-0.3, -0.25) is 0 Å². The van der Waals surface area contributed by atoms with Gasteiger partial charge in [-0.1, -0.05) is 18.2 Å². The molecule has 0 unspecified atom stereocenters. The predicted molar refractivity (Wildman–Crippen MR) is 65.6 cm³/mol. The van der Waals surface area contributed by atoms with E-state index in [1.807, 2.05) is 0 Å². The Morgan fingerprint density at radius 1 is 1.00 bits per heavy atom. The van der Waals surface area contributed by atoms with Gasteiger partial charge in [-0.15, -0.1) is 0 Å². The molecule has 0 aliphatic carbocycles. The van der Waals surface area contributed by atoms with Gasteiger partial charge in [-0.2, -0.15) is 5.48 Å². The average molecular weight is 249 g/mol. The summed E-state index contributed by atoms with van der Waals surface area (Å²) in [6.07, 6.45) is 0. The van der Waals surface area contributed by atoms with Gasteiger partial charge in [-0.25, -0.2) is 8.78 Å². The first-order valence-corrected chi connectivity index (χ1v) is 5.51. The molecule has 94 valence electrons. The molecule has 0 aromatic heterocycles. The second-order valence-electron chi connectivity index (χ2n) is 3.84. The molecule has 0 saturated heterocycles. The summed E-state index contributed by atoms with van der Waals surface area (Å²) < 4.78 is 26.3. The average Bonchev–Trinajstić information content (AvgIpc) is 2.39. The summed E-state index contributed by atoms with van der Waals surface area (Å²) in [5.74, 6) is -0.590. The quantitative estimate of drug-likeness (QED) is 0.839. The van der Waals surface area contributed by atoms with E-state index < -0.39 is 0 Å². The topological polar surface area (TPSA) is 21.3 Å². The normalized spacial score (nSPS) is 10.6. The van der Waals surface area contributed by atoms with Crippen LogP contribution in [0.2, 0.25) is 0 Å². The summed E-state index contributed by atoms with van der Waals surface area (Å²) in [4.78, 5) is 4.70. The maximum atomic E-state index is 13.5. The molecule has 4 heteroatoms. The molecule has 0 radical (unpaired) electrons. The standard InChI is InChI=1S/C14H13F2NO/c1-18-17-9-12-8-11(4-7-14(12)16)10-2-5-13(15)6-3-10/h2-8,17H,9H2,1H3. The summed E-state index contributed by atoms with van der Waals surface area (Å²) in [7, 11) is 1.47. The first-order chi connectivity index (χ1) is 8.70.